The fourth-order valence-electron chi connectivity index (χ4n) is 1.78. The van der Waals surface area contributed by atoms with E-state index in [0.29, 0.717) is 0 Å². The predicted octanol–water partition coefficient (Wildman–Crippen LogP) is 4.99. The third-order valence-corrected chi connectivity index (χ3v) is 3.61. The average Bonchev–Trinajstić information content (AvgIpc) is 2.97. The van der Waals surface area contributed by atoms with E-state index >= 15 is 0 Å². The summed E-state index contributed by atoms with van der Waals surface area (Å²) < 4.78 is 5.84. The highest BCUT2D eigenvalue weighted by Crippen LogP contribution is 2.28. The van der Waals surface area contributed by atoms with E-state index in [1.165, 1.54) is 0 Å². The van der Waals surface area contributed by atoms with E-state index in [9.17, 15) is 0 Å². The van der Waals surface area contributed by atoms with E-state index in [2.05, 4.69) is 10.5 Å². The SMILES string of the molecule is C(=N/Nc1ccccc1)/c1sccc1Oc1ccccc1. The van der Waals surface area contributed by atoms with Crippen molar-refractivity contribution in [3.8, 4) is 11.5 Å². The van der Waals surface area contributed by atoms with Gasteiger partial charge in [-0.3, -0.25) is 5.43 Å². The second-order valence-corrected chi connectivity index (χ2v) is 5.25. The Morgan fingerprint density at radius 1 is 0.905 bits per heavy atom. The van der Waals surface area contributed by atoms with E-state index in [1.54, 1.807) is 17.6 Å². The average molecular weight is 294 g/mol. The maximum absolute atomic E-state index is 5.84. The van der Waals surface area contributed by atoms with Crippen molar-refractivity contribution in [2.24, 2.45) is 5.10 Å². The molecule has 1 heterocycles. The topological polar surface area (TPSA) is 33.6 Å². The lowest BCUT2D eigenvalue weighted by Crippen LogP contribution is -1.90. The maximum Gasteiger partial charge on any atom is 0.147 e. The Labute approximate surface area is 127 Å². The molecular formula is C17H14N2OS. The summed E-state index contributed by atoms with van der Waals surface area (Å²) >= 11 is 1.59. The fraction of sp³-hybridized carbons (Fsp3) is 0. The molecule has 0 saturated heterocycles. The molecule has 0 spiro atoms. The summed E-state index contributed by atoms with van der Waals surface area (Å²) in [6.07, 6.45) is 1.77. The van der Waals surface area contributed by atoms with Crippen LogP contribution in [0.1, 0.15) is 4.88 Å². The van der Waals surface area contributed by atoms with Crippen LogP contribution in [0.2, 0.25) is 0 Å². The second-order valence-electron chi connectivity index (χ2n) is 4.30. The fourth-order valence-corrected chi connectivity index (χ4v) is 2.46. The van der Waals surface area contributed by atoms with Crippen molar-refractivity contribution in [3.63, 3.8) is 0 Å². The van der Waals surface area contributed by atoms with E-state index < -0.39 is 0 Å². The molecule has 3 nitrogen and oxygen atoms in total. The van der Waals surface area contributed by atoms with Gasteiger partial charge in [-0.2, -0.15) is 5.10 Å². The zero-order valence-electron chi connectivity index (χ0n) is 11.3. The smallest absolute Gasteiger partial charge is 0.147 e. The van der Waals surface area contributed by atoms with Gasteiger partial charge in [0.25, 0.3) is 0 Å². The first-order chi connectivity index (χ1) is 10.4. The number of para-hydroxylation sites is 2. The lowest BCUT2D eigenvalue weighted by atomic mass is 10.3. The molecule has 0 radical (unpaired) electrons. The highest BCUT2D eigenvalue weighted by molar-refractivity contribution is 7.12. The molecule has 0 atom stereocenters. The molecule has 104 valence electrons. The summed E-state index contributed by atoms with van der Waals surface area (Å²) in [4.78, 5) is 0.974. The van der Waals surface area contributed by atoms with Crippen molar-refractivity contribution in [1.82, 2.24) is 0 Å². The van der Waals surface area contributed by atoms with E-state index in [4.69, 9.17) is 4.74 Å². The Morgan fingerprint density at radius 2 is 1.62 bits per heavy atom. The number of ether oxygens (including phenoxy) is 1. The van der Waals surface area contributed by atoms with Crippen LogP contribution < -0.4 is 10.2 Å². The van der Waals surface area contributed by atoms with Gasteiger partial charge < -0.3 is 4.74 Å². The molecule has 0 saturated carbocycles. The molecule has 0 bridgehead atoms. The number of hydrogen-bond donors (Lipinski definition) is 1. The largest absolute Gasteiger partial charge is 0.456 e. The van der Waals surface area contributed by atoms with Gasteiger partial charge in [-0.15, -0.1) is 11.3 Å². The van der Waals surface area contributed by atoms with Crippen LogP contribution in [0.3, 0.4) is 0 Å². The number of benzene rings is 2. The van der Waals surface area contributed by atoms with Gasteiger partial charge in [-0.1, -0.05) is 36.4 Å². The summed E-state index contributed by atoms with van der Waals surface area (Å²) in [6.45, 7) is 0. The molecule has 4 heteroatoms. The van der Waals surface area contributed by atoms with Crippen LogP contribution in [-0.4, -0.2) is 6.21 Å². The Hall–Kier alpha value is -2.59. The van der Waals surface area contributed by atoms with Crippen LogP contribution in [0.5, 0.6) is 11.5 Å². The third kappa shape index (κ3) is 3.70. The van der Waals surface area contributed by atoms with Crippen molar-refractivity contribution in [1.29, 1.82) is 0 Å². The summed E-state index contributed by atoms with van der Waals surface area (Å²) in [5, 5.41) is 6.23. The number of hydrazone groups is 1. The number of nitrogens with zero attached hydrogens (tertiary/aromatic N) is 1. The molecular weight excluding hydrogens is 280 g/mol. The van der Waals surface area contributed by atoms with Crippen LogP contribution in [-0.2, 0) is 0 Å². The van der Waals surface area contributed by atoms with Crippen LogP contribution in [0.4, 0.5) is 5.69 Å². The minimum absolute atomic E-state index is 0.810. The Balaban J connectivity index is 1.68. The van der Waals surface area contributed by atoms with Gasteiger partial charge in [0.1, 0.15) is 11.5 Å². The normalized spacial score (nSPS) is 10.7. The van der Waals surface area contributed by atoms with Crippen LogP contribution in [0.25, 0.3) is 0 Å². The van der Waals surface area contributed by atoms with E-state index in [0.717, 1.165) is 22.1 Å². The molecule has 3 rings (SSSR count). The van der Waals surface area contributed by atoms with Crippen molar-refractivity contribution < 1.29 is 4.74 Å². The summed E-state index contributed by atoms with van der Waals surface area (Å²) in [5.74, 6) is 1.63. The summed E-state index contributed by atoms with van der Waals surface area (Å²) in [7, 11) is 0. The van der Waals surface area contributed by atoms with Crippen LogP contribution in [0.15, 0.2) is 77.2 Å². The molecule has 0 aliphatic carbocycles. The first-order valence-corrected chi connectivity index (χ1v) is 7.44. The van der Waals surface area contributed by atoms with Gasteiger partial charge in [0.2, 0.25) is 0 Å². The van der Waals surface area contributed by atoms with Crippen LogP contribution in [0, 0.1) is 0 Å². The lowest BCUT2D eigenvalue weighted by molar-refractivity contribution is 0.484. The monoisotopic (exact) mass is 294 g/mol. The van der Waals surface area contributed by atoms with Crippen molar-refractivity contribution in [2.75, 3.05) is 5.43 Å². The van der Waals surface area contributed by atoms with Gasteiger partial charge >= 0.3 is 0 Å². The Bertz CT molecular complexity index is 708. The summed E-state index contributed by atoms with van der Waals surface area (Å²) in [6, 6.07) is 21.5. The van der Waals surface area contributed by atoms with E-state index in [1.807, 2.05) is 72.1 Å². The van der Waals surface area contributed by atoms with Crippen molar-refractivity contribution in [2.45, 2.75) is 0 Å². The molecule has 1 N–H and O–H groups in total. The number of nitrogens with one attached hydrogen (secondary N) is 1. The molecule has 0 unspecified atom stereocenters. The van der Waals surface area contributed by atoms with Crippen LogP contribution >= 0.6 is 11.3 Å². The Kier molecular flexibility index (Phi) is 4.29. The zero-order valence-corrected chi connectivity index (χ0v) is 12.1. The van der Waals surface area contributed by atoms with Gasteiger partial charge in [0.05, 0.1) is 16.8 Å². The molecule has 0 aliphatic heterocycles. The number of thiophene rings is 1. The molecule has 2 aromatic carbocycles. The van der Waals surface area contributed by atoms with Gasteiger partial charge in [0, 0.05) is 0 Å². The quantitative estimate of drug-likeness (QED) is 0.531. The molecule has 21 heavy (non-hydrogen) atoms. The van der Waals surface area contributed by atoms with Gasteiger partial charge in [-0.05, 0) is 35.7 Å². The minimum Gasteiger partial charge on any atom is -0.456 e. The number of anilines is 1. The molecule has 1 aromatic heterocycles. The van der Waals surface area contributed by atoms with E-state index in [-0.39, 0.29) is 0 Å². The molecule has 0 amide bonds. The lowest BCUT2D eigenvalue weighted by Gasteiger charge is -2.04. The number of rotatable bonds is 5. The highest BCUT2D eigenvalue weighted by Gasteiger charge is 2.04. The van der Waals surface area contributed by atoms with Crippen molar-refractivity contribution in [3.05, 3.63) is 77.0 Å². The second kappa shape index (κ2) is 6.72. The highest BCUT2D eigenvalue weighted by atomic mass is 32.1. The van der Waals surface area contributed by atoms with Gasteiger partial charge in [-0.25, -0.2) is 0 Å². The molecule has 0 aliphatic rings. The minimum atomic E-state index is 0.810. The summed E-state index contributed by atoms with van der Waals surface area (Å²) in [5.41, 5.74) is 3.95. The standard InChI is InChI=1S/C17H14N2OS/c1-3-7-14(8-4-1)19-18-13-17-16(11-12-21-17)20-15-9-5-2-6-10-15/h1-13,19H/b18-13-. The maximum atomic E-state index is 5.84. The predicted molar refractivity (Wildman–Crippen MR) is 88.5 cm³/mol. The zero-order chi connectivity index (χ0) is 14.3. The first kappa shape index (κ1) is 13.4. The Morgan fingerprint density at radius 3 is 2.38 bits per heavy atom. The molecule has 3 aromatic rings. The van der Waals surface area contributed by atoms with Crippen molar-refractivity contribution >= 4 is 23.2 Å². The third-order valence-electron chi connectivity index (χ3n) is 2.78. The van der Waals surface area contributed by atoms with Gasteiger partial charge in [0.15, 0.2) is 0 Å². The first-order valence-electron chi connectivity index (χ1n) is 6.56. The molecule has 0 fully saturated rings. The number of hydrogen-bond acceptors (Lipinski definition) is 4.